The summed E-state index contributed by atoms with van der Waals surface area (Å²) in [5.74, 6) is -1.04. The Morgan fingerprint density at radius 1 is 1.73 bits per heavy atom. The minimum absolute atomic E-state index is 0.112. The van der Waals surface area contributed by atoms with Crippen LogP contribution in [0, 0.1) is 0 Å². The number of carboxylic acids is 1. The van der Waals surface area contributed by atoms with Crippen LogP contribution in [0.15, 0.2) is 0 Å². The van der Waals surface area contributed by atoms with Crippen molar-refractivity contribution in [3.8, 4) is 0 Å². The van der Waals surface area contributed by atoms with Crippen molar-refractivity contribution in [2.45, 2.75) is 38.3 Å². The second-order valence-electron chi connectivity index (χ2n) is 4.09. The molecule has 1 rings (SSSR count). The normalized spacial score (nSPS) is 28.2. The Bertz CT molecular complexity index is 280. The molecular formula is C10H18N2O3. The van der Waals surface area contributed by atoms with E-state index in [2.05, 4.69) is 5.32 Å². The summed E-state index contributed by atoms with van der Waals surface area (Å²) in [6.45, 7) is 4.10. The maximum atomic E-state index is 12.0. The Balaban J connectivity index is 2.83. The number of amides is 1. The van der Waals surface area contributed by atoms with Gasteiger partial charge in [-0.1, -0.05) is 6.92 Å². The zero-order chi connectivity index (χ0) is 11.6. The van der Waals surface area contributed by atoms with Crippen molar-refractivity contribution in [1.82, 2.24) is 10.2 Å². The monoisotopic (exact) mass is 214 g/mol. The molecule has 86 valence electrons. The number of likely N-dealkylation sites (tertiary alicyclic amines) is 1. The second kappa shape index (κ2) is 4.18. The van der Waals surface area contributed by atoms with Gasteiger partial charge in [-0.15, -0.1) is 0 Å². The van der Waals surface area contributed by atoms with Crippen molar-refractivity contribution in [1.29, 1.82) is 0 Å². The van der Waals surface area contributed by atoms with E-state index in [1.54, 1.807) is 14.0 Å². The van der Waals surface area contributed by atoms with Gasteiger partial charge in [0, 0.05) is 6.54 Å². The molecular weight excluding hydrogens is 196 g/mol. The summed E-state index contributed by atoms with van der Waals surface area (Å²) in [6, 6.07) is -0.687. The van der Waals surface area contributed by atoms with Crippen molar-refractivity contribution in [3.05, 3.63) is 0 Å². The first-order chi connectivity index (χ1) is 6.96. The lowest BCUT2D eigenvalue weighted by Crippen LogP contribution is -2.51. The minimum Gasteiger partial charge on any atom is -0.480 e. The zero-order valence-corrected chi connectivity index (χ0v) is 9.41. The van der Waals surface area contributed by atoms with Crippen molar-refractivity contribution in [2.75, 3.05) is 13.6 Å². The molecule has 1 aliphatic heterocycles. The summed E-state index contributed by atoms with van der Waals surface area (Å²) < 4.78 is 0. The smallest absolute Gasteiger partial charge is 0.326 e. The number of carbonyl (C=O) groups is 2. The molecule has 5 heteroatoms. The van der Waals surface area contributed by atoms with Crippen LogP contribution in [0.4, 0.5) is 0 Å². The molecule has 0 radical (unpaired) electrons. The predicted molar refractivity (Wildman–Crippen MR) is 55.5 cm³/mol. The van der Waals surface area contributed by atoms with Gasteiger partial charge >= 0.3 is 5.97 Å². The number of likely N-dealkylation sites (N-methyl/N-ethyl adjacent to an activating group) is 1. The number of carboxylic acid groups (broad SMARTS) is 1. The van der Waals surface area contributed by atoms with Crippen LogP contribution in [0.2, 0.25) is 0 Å². The van der Waals surface area contributed by atoms with Crippen LogP contribution in [-0.2, 0) is 9.59 Å². The van der Waals surface area contributed by atoms with Gasteiger partial charge in [-0.05, 0) is 26.8 Å². The molecule has 2 N–H and O–H groups in total. The fraction of sp³-hybridized carbons (Fsp3) is 0.800. The molecule has 1 heterocycles. The van der Waals surface area contributed by atoms with Gasteiger partial charge in [-0.2, -0.15) is 0 Å². The second-order valence-corrected chi connectivity index (χ2v) is 4.09. The summed E-state index contributed by atoms with van der Waals surface area (Å²) in [4.78, 5) is 24.4. The third-order valence-electron chi connectivity index (χ3n) is 3.19. The number of aliphatic carboxylic acids is 1. The van der Waals surface area contributed by atoms with Gasteiger partial charge in [0.25, 0.3) is 0 Å². The van der Waals surface area contributed by atoms with E-state index in [9.17, 15) is 9.59 Å². The Hall–Kier alpha value is -1.10. The highest BCUT2D eigenvalue weighted by atomic mass is 16.4. The molecule has 0 aromatic heterocycles. The largest absolute Gasteiger partial charge is 0.480 e. The van der Waals surface area contributed by atoms with Crippen LogP contribution in [0.25, 0.3) is 0 Å². The summed E-state index contributed by atoms with van der Waals surface area (Å²) in [6.07, 6.45) is 1.10. The average molecular weight is 214 g/mol. The van der Waals surface area contributed by atoms with Gasteiger partial charge in [-0.3, -0.25) is 4.79 Å². The van der Waals surface area contributed by atoms with Crippen LogP contribution in [0.3, 0.4) is 0 Å². The summed E-state index contributed by atoms with van der Waals surface area (Å²) in [5, 5.41) is 11.9. The fourth-order valence-electron chi connectivity index (χ4n) is 1.93. The molecule has 1 amide bonds. The molecule has 0 aliphatic carbocycles. The van der Waals surface area contributed by atoms with E-state index in [1.165, 1.54) is 4.90 Å². The van der Waals surface area contributed by atoms with Crippen LogP contribution < -0.4 is 5.32 Å². The predicted octanol–water partition coefficient (Wildman–Crippen LogP) is 0.0600. The van der Waals surface area contributed by atoms with Crippen LogP contribution in [0.5, 0.6) is 0 Å². The molecule has 0 bridgehead atoms. The SMILES string of the molecule is CCC(C(=O)O)N1CCC(C)(NC)C1=O. The molecule has 1 fully saturated rings. The van der Waals surface area contributed by atoms with Gasteiger partial charge in [-0.25, -0.2) is 4.79 Å². The Morgan fingerprint density at radius 2 is 2.33 bits per heavy atom. The standard InChI is InChI=1S/C10H18N2O3/c1-4-7(8(13)14)12-6-5-10(2,11-3)9(12)15/h7,11H,4-6H2,1-3H3,(H,13,14). The topological polar surface area (TPSA) is 69.6 Å². The Morgan fingerprint density at radius 3 is 2.67 bits per heavy atom. The number of hydrogen-bond acceptors (Lipinski definition) is 3. The van der Waals surface area contributed by atoms with E-state index >= 15 is 0 Å². The zero-order valence-electron chi connectivity index (χ0n) is 9.41. The van der Waals surface area contributed by atoms with E-state index in [4.69, 9.17) is 5.11 Å². The molecule has 5 nitrogen and oxygen atoms in total. The summed E-state index contributed by atoms with van der Waals surface area (Å²) in [5.41, 5.74) is -0.594. The highest BCUT2D eigenvalue weighted by Gasteiger charge is 2.45. The van der Waals surface area contributed by atoms with E-state index in [1.807, 2.05) is 6.92 Å². The Labute approximate surface area is 89.4 Å². The van der Waals surface area contributed by atoms with Crippen molar-refractivity contribution in [3.63, 3.8) is 0 Å². The first-order valence-electron chi connectivity index (χ1n) is 5.19. The average Bonchev–Trinajstić information content (AvgIpc) is 2.48. The van der Waals surface area contributed by atoms with Crippen LogP contribution in [0.1, 0.15) is 26.7 Å². The first kappa shape index (κ1) is 12.0. The Kier molecular flexibility index (Phi) is 3.34. The van der Waals surface area contributed by atoms with E-state index in [-0.39, 0.29) is 5.91 Å². The minimum atomic E-state index is -0.925. The van der Waals surface area contributed by atoms with E-state index in [0.29, 0.717) is 19.4 Å². The molecule has 2 atom stereocenters. The quantitative estimate of drug-likeness (QED) is 0.694. The third-order valence-corrected chi connectivity index (χ3v) is 3.19. The van der Waals surface area contributed by atoms with Gasteiger partial charge in [0.1, 0.15) is 6.04 Å². The van der Waals surface area contributed by atoms with Gasteiger partial charge in [0.05, 0.1) is 5.54 Å². The molecule has 0 spiro atoms. The molecule has 15 heavy (non-hydrogen) atoms. The number of rotatable bonds is 4. The van der Waals surface area contributed by atoms with Crippen LogP contribution in [-0.4, -0.2) is 47.1 Å². The lowest BCUT2D eigenvalue weighted by Gasteiger charge is -2.26. The summed E-state index contributed by atoms with van der Waals surface area (Å²) in [7, 11) is 1.73. The van der Waals surface area contributed by atoms with Gasteiger partial charge in [0.15, 0.2) is 0 Å². The lowest BCUT2D eigenvalue weighted by atomic mass is 10.0. The highest BCUT2D eigenvalue weighted by Crippen LogP contribution is 2.24. The molecule has 0 saturated carbocycles. The molecule has 0 aromatic carbocycles. The van der Waals surface area contributed by atoms with Crippen molar-refractivity contribution >= 4 is 11.9 Å². The summed E-state index contributed by atoms with van der Waals surface area (Å²) >= 11 is 0. The van der Waals surface area contributed by atoms with Gasteiger partial charge < -0.3 is 15.3 Å². The number of nitrogens with zero attached hydrogens (tertiary/aromatic N) is 1. The first-order valence-corrected chi connectivity index (χ1v) is 5.19. The van der Waals surface area contributed by atoms with Gasteiger partial charge in [0.2, 0.25) is 5.91 Å². The van der Waals surface area contributed by atoms with Crippen molar-refractivity contribution < 1.29 is 14.7 Å². The molecule has 1 saturated heterocycles. The molecule has 0 aromatic rings. The van der Waals surface area contributed by atoms with Crippen LogP contribution >= 0.6 is 0 Å². The lowest BCUT2D eigenvalue weighted by molar-refractivity contribution is -0.149. The molecule has 1 aliphatic rings. The number of nitrogens with one attached hydrogen (secondary N) is 1. The maximum Gasteiger partial charge on any atom is 0.326 e. The number of hydrogen-bond donors (Lipinski definition) is 2. The maximum absolute atomic E-state index is 12.0. The van der Waals surface area contributed by atoms with E-state index in [0.717, 1.165) is 0 Å². The van der Waals surface area contributed by atoms with Crippen molar-refractivity contribution in [2.24, 2.45) is 0 Å². The fourth-order valence-corrected chi connectivity index (χ4v) is 1.93. The number of carbonyl (C=O) groups excluding carboxylic acids is 1. The molecule has 2 unspecified atom stereocenters. The highest BCUT2D eigenvalue weighted by molar-refractivity contribution is 5.91. The third kappa shape index (κ3) is 1.97. The van der Waals surface area contributed by atoms with E-state index < -0.39 is 17.6 Å².